The quantitative estimate of drug-likeness (QED) is 0.758. The molecule has 3 fully saturated rings. The molecule has 0 spiro atoms. The van der Waals surface area contributed by atoms with E-state index in [2.05, 4.69) is 5.32 Å². The lowest BCUT2D eigenvalue weighted by Crippen LogP contribution is -2.44. The van der Waals surface area contributed by atoms with Crippen molar-refractivity contribution in [1.82, 2.24) is 9.21 Å². The average molecular weight is 436 g/mol. The molecule has 1 atom stereocenters. The second-order valence-corrected chi connectivity index (χ2v) is 10.3. The molecule has 1 aliphatic carbocycles. The number of nitrogens with one attached hydrogen (secondary N) is 1. The first-order valence-corrected chi connectivity index (χ1v) is 12.1. The molecule has 1 saturated carbocycles. The minimum absolute atomic E-state index is 0.150. The predicted molar refractivity (Wildman–Crippen MR) is 111 cm³/mol. The Morgan fingerprint density at radius 1 is 1.07 bits per heavy atom. The number of likely N-dealkylation sites (tertiary alicyclic amines) is 1. The fourth-order valence-corrected chi connectivity index (χ4v) is 5.76. The maximum Gasteiger partial charge on any atom is 0.243 e. The van der Waals surface area contributed by atoms with Gasteiger partial charge in [0.2, 0.25) is 21.8 Å². The summed E-state index contributed by atoms with van der Waals surface area (Å²) >= 11 is 0. The largest absolute Gasteiger partial charge is 0.379 e. The number of amides is 2. The van der Waals surface area contributed by atoms with Gasteiger partial charge in [-0.1, -0.05) is 6.07 Å². The third-order valence-electron chi connectivity index (χ3n) is 6.07. The smallest absolute Gasteiger partial charge is 0.243 e. The highest BCUT2D eigenvalue weighted by molar-refractivity contribution is 7.89. The van der Waals surface area contributed by atoms with E-state index >= 15 is 0 Å². The van der Waals surface area contributed by atoms with Crippen LogP contribution in [0.4, 0.5) is 5.69 Å². The van der Waals surface area contributed by atoms with Crippen LogP contribution in [0.2, 0.25) is 0 Å². The minimum Gasteiger partial charge on any atom is -0.379 e. The Hall–Kier alpha value is -1.97. The van der Waals surface area contributed by atoms with Gasteiger partial charge in [-0.05, 0) is 50.3 Å². The Kier molecular flexibility index (Phi) is 6.13. The van der Waals surface area contributed by atoms with Crippen molar-refractivity contribution >= 4 is 27.5 Å². The van der Waals surface area contributed by atoms with Gasteiger partial charge in [-0.15, -0.1) is 0 Å². The monoisotopic (exact) mass is 435 g/mol. The zero-order valence-electron chi connectivity index (χ0n) is 17.3. The van der Waals surface area contributed by atoms with Crippen LogP contribution in [-0.2, 0) is 24.3 Å². The Bertz CT molecular complexity index is 923. The second-order valence-electron chi connectivity index (χ2n) is 8.38. The molecular weight excluding hydrogens is 406 g/mol. The summed E-state index contributed by atoms with van der Waals surface area (Å²) < 4.78 is 32.8. The van der Waals surface area contributed by atoms with Gasteiger partial charge in [0.25, 0.3) is 0 Å². The van der Waals surface area contributed by atoms with Crippen molar-refractivity contribution in [2.24, 2.45) is 11.8 Å². The summed E-state index contributed by atoms with van der Waals surface area (Å²) in [6.45, 7) is 4.31. The average Bonchev–Trinajstić information content (AvgIpc) is 3.60. The van der Waals surface area contributed by atoms with E-state index < -0.39 is 10.0 Å². The lowest BCUT2D eigenvalue weighted by Gasteiger charge is -2.32. The van der Waals surface area contributed by atoms with Gasteiger partial charge in [0, 0.05) is 37.8 Å². The molecule has 0 radical (unpaired) electrons. The summed E-state index contributed by atoms with van der Waals surface area (Å²) in [4.78, 5) is 27.2. The summed E-state index contributed by atoms with van der Waals surface area (Å²) in [6, 6.07) is 4.97. The SMILES string of the molecule is Cc1ccc(NC(=O)C2CCCN(C(=O)C3CC3)C2)cc1S(=O)(=O)N1CCOCC1. The van der Waals surface area contributed by atoms with E-state index in [0.29, 0.717) is 50.6 Å². The summed E-state index contributed by atoms with van der Waals surface area (Å²) in [7, 11) is -3.65. The van der Waals surface area contributed by atoms with Crippen LogP contribution in [0.25, 0.3) is 0 Å². The van der Waals surface area contributed by atoms with Crippen molar-refractivity contribution in [2.75, 3.05) is 44.7 Å². The zero-order valence-corrected chi connectivity index (χ0v) is 18.1. The third kappa shape index (κ3) is 4.53. The number of sulfonamides is 1. The van der Waals surface area contributed by atoms with Crippen molar-refractivity contribution < 1.29 is 22.7 Å². The number of morpholine rings is 1. The molecule has 2 aliphatic heterocycles. The van der Waals surface area contributed by atoms with Gasteiger partial charge in [0.1, 0.15) is 0 Å². The third-order valence-corrected chi connectivity index (χ3v) is 8.11. The van der Waals surface area contributed by atoms with Gasteiger partial charge in [-0.25, -0.2) is 8.42 Å². The first kappa shape index (κ1) is 21.3. The van der Waals surface area contributed by atoms with Gasteiger partial charge >= 0.3 is 0 Å². The Labute approximate surface area is 177 Å². The zero-order chi connectivity index (χ0) is 21.3. The fourth-order valence-electron chi connectivity index (χ4n) is 4.11. The van der Waals surface area contributed by atoms with Crippen LogP contribution in [0.5, 0.6) is 0 Å². The molecule has 9 heteroatoms. The molecule has 1 N–H and O–H groups in total. The van der Waals surface area contributed by atoms with Gasteiger partial charge in [0.05, 0.1) is 24.0 Å². The number of piperidine rings is 1. The maximum atomic E-state index is 13.0. The highest BCUT2D eigenvalue weighted by Crippen LogP contribution is 2.33. The Morgan fingerprint density at radius 3 is 2.50 bits per heavy atom. The maximum absolute atomic E-state index is 13.0. The van der Waals surface area contributed by atoms with Gasteiger partial charge in [-0.3, -0.25) is 9.59 Å². The summed E-state index contributed by atoms with van der Waals surface area (Å²) in [5.41, 5.74) is 1.10. The van der Waals surface area contributed by atoms with Crippen molar-refractivity contribution in [3.05, 3.63) is 23.8 Å². The van der Waals surface area contributed by atoms with Crippen LogP contribution < -0.4 is 5.32 Å². The van der Waals surface area contributed by atoms with Crippen molar-refractivity contribution in [3.63, 3.8) is 0 Å². The Balaban J connectivity index is 1.46. The van der Waals surface area contributed by atoms with Crippen LogP contribution in [0.3, 0.4) is 0 Å². The van der Waals surface area contributed by atoms with E-state index in [1.165, 1.54) is 10.4 Å². The predicted octanol–water partition coefficient (Wildman–Crippen LogP) is 1.60. The molecule has 1 aromatic rings. The number of rotatable bonds is 5. The molecule has 4 rings (SSSR count). The van der Waals surface area contributed by atoms with Gasteiger partial charge < -0.3 is 15.0 Å². The molecule has 0 aromatic heterocycles. The number of ether oxygens (including phenoxy) is 1. The van der Waals surface area contributed by atoms with Crippen LogP contribution in [0, 0.1) is 18.8 Å². The van der Waals surface area contributed by atoms with E-state index in [0.717, 1.165) is 25.7 Å². The van der Waals surface area contributed by atoms with E-state index in [1.807, 2.05) is 4.90 Å². The molecule has 2 amide bonds. The number of nitrogens with zero attached hydrogens (tertiary/aromatic N) is 2. The first-order valence-electron chi connectivity index (χ1n) is 10.6. The van der Waals surface area contributed by atoms with E-state index in [1.54, 1.807) is 19.1 Å². The number of hydrogen-bond donors (Lipinski definition) is 1. The van der Waals surface area contributed by atoms with Gasteiger partial charge in [0.15, 0.2) is 0 Å². The number of carbonyl (C=O) groups excluding carboxylic acids is 2. The molecule has 3 aliphatic rings. The molecule has 2 heterocycles. The molecule has 30 heavy (non-hydrogen) atoms. The van der Waals surface area contributed by atoms with Crippen LogP contribution in [0.15, 0.2) is 23.1 Å². The molecular formula is C21H29N3O5S. The second kappa shape index (κ2) is 8.64. The lowest BCUT2D eigenvalue weighted by molar-refractivity contribution is -0.135. The molecule has 164 valence electrons. The Morgan fingerprint density at radius 2 is 1.80 bits per heavy atom. The summed E-state index contributed by atoms with van der Waals surface area (Å²) in [6.07, 6.45) is 3.44. The number of anilines is 1. The van der Waals surface area contributed by atoms with Crippen molar-refractivity contribution in [3.8, 4) is 0 Å². The van der Waals surface area contributed by atoms with E-state index in [-0.39, 0.29) is 28.5 Å². The highest BCUT2D eigenvalue weighted by atomic mass is 32.2. The minimum atomic E-state index is -3.65. The normalized spacial score (nSPS) is 23.2. The fraction of sp³-hybridized carbons (Fsp3) is 0.619. The summed E-state index contributed by atoms with van der Waals surface area (Å²) in [5.74, 6) is -0.123. The number of hydrogen-bond acceptors (Lipinski definition) is 5. The molecule has 0 bridgehead atoms. The topological polar surface area (TPSA) is 96.0 Å². The summed E-state index contributed by atoms with van der Waals surface area (Å²) in [5, 5.41) is 2.87. The van der Waals surface area contributed by atoms with E-state index in [9.17, 15) is 18.0 Å². The highest BCUT2D eigenvalue weighted by Gasteiger charge is 2.37. The van der Waals surface area contributed by atoms with Crippen LogP contribution in [-0.4, -0.2) is 68.8 Å². The van der Waals surface area contributed by atoms with Gasteiger partial charge in [-0.2, -0.15) is 4.31 Å². The molecule has 1 aromatic carbocycles. The first-order chi connectivity index (χ1) is 14.4. The number of aryl methyl sites for hydroxylation is 1. The number of carbonyl (C=O) groups is 2. The number of benzene rings is 1. The lowest BCUT2D eigenvalue weighted by atomic mass is 9.96. The standard InChI is InChI=1S/C21H29N3O5S/c1-15-4-7-18(13-19(15)30(27,28)24-9-11-29-12-10-24)22-20(25)17-3-2-8-23(14-17)21(26)16-5-6-16/h4,7,13,16-17H,2-3,5-6,8-12,14H2,1H3,(H,22,25). The van der Waals surface area contributed by atoms with E-state index in [4.69, 9.17) is 4.74 Å². The van der Waals surface area contributed by atoms with Crippen LogP contribution >= 0.6 is 0 Å². The van der Waals surface area contributed by atoms with Crippen LogP contribution in [0.1, 0.15) is 31.2 Å². The molecule has 8 nitrogen and oxygen atoms in total. The van der Waals surface area contributed by atoms with Crippen molar-refractivity contribution in [1.29, 1.82) is 0 Å². The van der Waals surface area contributed by atoms with Crippen molar-refractivity contribution in [2.45, 2.75) is 37.5 Å². The molecule has 1 unspecified atom stereocenters. The molecule has 2 saturated heterocycles.